The third kappa shape index (κ3) is 3.68. The number of aryl methyl sites for hydroxylation is 1. The monoisotopic (exact) mass is 270 g/mol. The summed E-state index contributed by atoms with van der Waals surface area (Å²) in [4.78, 5) is 22.7. The quantitative estimate of drug-likeness (QED) is 0.501. The maximum absolute atomic E-state index is 11.8. The Morgan fingerprint density at radius 1 is 1.58 bits per heavy atom. The second-order valence-electron chi connectivity index (χ2n) is 3.96. The minimum Gasteiger partial charge on any atom is -0.467 e. The van der Waals surface area contributed by atoms with Crippen molar-refractivity contribution >= 4 is 17.6 Å². The van der Waals surface area contributed by atoms with Crippen molar-refractivity contribution in [3.8, 4) is 0 Å². The van der Waals surface area contributed by atoms with Gasteiger partial charge in [-0.2, -0.15) is 5.10 Å². The molecule has 1 heterocycles. The lowest BCUT2D eigenvalue weighted by atomic mass is 10.2. The summed E-state index contributed by atoms with van der Waals surface area (Å²) >= 11 is 0. The van der Waals surface area contributed by atoms with Crippen molar-refractivity contribution in [3.63, 3.8) is 0 Å². The topological polar surface area (TPSA) is 130 Å². The van der Waals surface area contributed by atoms with Gasteiger partial charge in [-0.05, 0) is 6.42 Å². The van der Waals surface area contributed by atoms with Gasteiger partial charge in [0.25, 0.3) is 5.91 Å². The maximum atomic E-state index is 11.8. The number of anilines is 1. The van der Waals surface area contributed by atoms with E-state index in [4.69, 9.17) is 5.73 Å². The van der Waals surface area contributed by atoms with Crippen LogP contribution in [0.3, 0.4) is 0 Å². The first-order valence-corrected chi connectivity index (χ1v) is 5.88. The molecule has 0 aliphatic heterocycles. The average molecular weight is 270 g/mol. The third-order valence-electron chi connectivity index (χ3n) is 2.53. The van der Waals surface area contributed by atoms with E-state index in [1.54, 1.807) is 0 Å². The molecule has 0 aliphatic rings. The Balaban J connectivity index is 2.61. The first-order valence-electron chi connectivity index (χ1n) is 5.88. The van der Waals surface area contributed by atoms with Gasteiger partial charge in [0, 0.05) is 0 Å². The van der Waals surface area contributed by atoms with Crippen molar-refractivity contribution in [2.45, 2.75) is 25.9 Å². The van der Waals surface area contributed by atoms with E-state index < -0.39 is 18.0 Å². The number of aliphatic hydroxyl groups excluding tert-OH is 1. The van der Waals surface area contributed by atoms with Gasteiger partial charge in [-0.3, -0.25) is 9.89 Å². The molecular weight excluding hydrogens is 252 g/mol. The van der Waals surface area contributed by atoms with Crippen LogP contribution in [0.1, 0.15) is 29.5 Å². The highest BCUT2D eigenvalue weighted by Crippen LogP contribution is 2.15. The lowest BCUT2D eigenvalue weighted by Crippen LogP contribution is -2.37. The summed E-state index contributed by atoms with van der Waals surface area (Å²) < 4.78 is 4.32. The Labute approximate surface area is 110 Å². The van der Waals surface area contributed by atoms with E-state index in [1.165, 1.54) is 0 Å². The van der Waals surface area contributed by atoms with Crippen molar-refractivity contribution < 1.29 is 19.4 Å². The number of nitrogens with two attached hydrogens (primary N) is 1. The number of aliphatic hydroxyl groups is 1. The van der Waals surface area contributed by atoms with Gasteiger partial charge in [0.15, 0.2) is 11.8 Å². The molecule has 1 amide bonds. The highest BCUT2D eigenvalue weighted by molar-refractivity contribution is 5.97. The van der Waals surface area contributed by atoms with Crippen molar-refractivity contribution in [1.82, 2.24) is 15.5 Å². The number of nitrogens with zero attached hydrogens (tertiary/aromatic N) is 1. The van der Waals surface area contributed by atoms with E-state index in [0.717, 1.165) is 13.5 Å². The predicted molar refractivity (Wildman–Crippen MR) is 67.4 cm³/mol. The van der Waals surface area contributed by atoms with Gasteiger partial charge in [0.05, 0.1) is 25.0 Å². The number of nitrogens with one attached hydrogen (secondary N) is 2. The van der Waals surface area contributed by atoms with E-state index in [0.29, 0.717) is 12.1 Å². The second kappa shape index (κ2) is 6.74. The molecule has 0 radical (unpaired) electrons. The van der Waals surface area contributed by atoms with Crippen LogP contribution < -0.4 is 11.1 Å². The summed E-state index contributed by atoms with van der Waals surface area (Å²) in [6, 6.07) is 0. The van der Waals surface area contributed by atoms with Crippen molar-refractivity contribution in [2.24, 2.45) is 0 Å². The Morgan fingerprint density at radius 2 is 2.26 bits per heavy atom. The summed E-state index contributed by atoms with van der Waals surface area (Å²) in [5, 5.41) is 18.2. The summed E-state index contributed by atoms with van der Waals surface area (Å²) in [5.41, 5.74) is 6.81. The molecule has 1 unspecified atom stereocenters. The molecule has 1 atom stereocenters. The van der Waals surface area contributed by atoms with Gasteiger partial charge in [-0.15, -0.1) is 0 Å². The Bertz CT molecular complexity index is 458. The lowest BCUT2D eigenvalue weighted by molar-refractivity contribution is -0.149. The number of carbonyl (C=O) groups is 2. The fraction of sp³-hybridized carbons (Fsp3) is 0.545. The normalized spacial score (nSPS) is 11.9. The number of methoxy groups -OCH3 is 1. The minimum atomic E-state index is -1.41. The van der Waals surface area contributed by atoms with Crippen LogP contribution in [-0.2, 0) is 16.0 Å². The SMILES string of the molecule is CCCc1[nH]nc(C(=O)NCC(O)C(=O)OC)c1N. The van der Waals surface area contributed by atoms with Crippen LogP contribution in [-0.4, -0.2) is 46.9 Å². The number of carbonyl (C=O) groups excluding carboxylic acids is 2. The van der Waals surface area contributed by atoms with Crippen molar-refractivity contribution in [3.05, 3.63) is 11.4 Å². The van der Waals surface area contributed by atoms with E-state index >= 15 is 0 Å². The van der Waals surface area contributed by atoms with Gasteiger partial charge in [0.1, 0.15) is 0 Å². The molecule has 8 heteroatoms. The molecule has 0 saturated carbocycles. The molecule has 106 valence electrons. The van der Waals surface area contributed by atoms with E-state index in [2.05, 4.69) is 20.3 Å². The molecule has 0 spiro atoms. The number of hydrogen-bond acceptors (Lipinski definition) is 6. The molecule has 8 nitrogen and oxygen atoms in total. The third-order valence-corrected chi connectivity index (χ3v) is 2.53. The first-order chi connectivity index (χ1) is 9.01. The predicted octanol–water partition coefficient (Wildman–Crippen LogP) is -0.792. The fourth-order valence-electron chi connectivity index (χ4n) is 1.49. The molecule has 5 N–H and O–H groups in total. The Hall–Kier alpha value is -2.09. The molecule has 19 heavy (non-hydrogen) atoms. The zero-order chi connectivity index (χ0) is 14.4. The number of rotatable bonds is 6. The number of ether oxygens (including phenoxy) is 1. The van der Waals surface area contributed by atoms with Crippen LogP contribution in [0.4, 0.5) is 5.69 Å². The van der Waals surface area contributed by atoms with Gasteiger partial charge in [0.2, 0.25) is 0 Å². The maximum Gasteiger partial charge on any atom is 0.336 e. The molecule has 0 bridgehead atoms. The van der Waals surface area contributed by atoms with Crippen LogP contribution in [0.5, 0.6) is 0 Å². The van der Waals surface area contributed by atoms with E-state index in [-0.39, 0.29) is 17.9 Å². The summed E-state index contributed by atoms with van der Waals surface area (Å²) in [7, 11) is 1.15. The van der Waals surface area contributed by atoms with E-state index in [1.807, 2.05) is 6.92 Å². The largest absolute Gasteiger partial charge is 0.467 e. The number of H-pyrrole nitrogens is 1. The Morgan fingerprint density at radius 3 is 2.84 bits per heavy atom. The smallest absolute Gasteiger partial charge is 0.336 e. The van der Waals surface area contributed by atoms with Gasteiger partial charge in [-0.1, -0.05) is 13.3 Å². The standard InChI is InChI=1S/C11H18N4O4/c1-3-4-6-8(12)9(15-14-6)10(17)13-5-7(16)11(18)19-2/h7,16H,3-5,12H2,1-2H3,(H,13,17)(H,14,15). The number of nitrogen functional groups attached to an aromatic ring is 1. The summed E-state index contributed by atoms with van der Waals surface area (Å²) in [6.07, 6.45) is 0.148. The first kappa shape index (κ1) is 15.0. The average Bonchev–Trinajstić information content (AvgIpc) is 2.77. The molecule has 1 aromatic rings. The number of aromatic amines is 1. The number of amides is 1. The highest BCUT2D eigenvalue weighted by atomic mass is 16.5. The molecule has 0 aliphatic carbocycles. The number of hydrogen-bond donors (Lipinski definition) is 4. The summed E-state index contributed by atoms with van der Waals surface area (Å²) in [5.74, 6) is -1.37. The number of aromatic nitrogens is 2. The molecule has 0 fully saturated rings. The Kier molecular flexibility index (Phi) is 5.31. The molecule has 1 aromatic heterocycles. The van der Waals surface area contributed by atoms with Crippen LogP contribution in [0, 0.1) is 0 Å². The minimum absolute atomic E-state index is 0.0560. The molecule has 0 saturated heterocycles. The molecule has 1 rings (SSSR count). The van der Waals surface area contributed by atoms with Crippen LogP contribution in [0.2, 0.25) is 0 Å². The zero-order valence-corrected chi connectivity index (χ0v) is 10.9. The van der Waals surface area contributed by atoms with Crippen LogP contribution >= 0.6 is 0 Å². The summed E-state index contributed by atoms with van der Waals surface area (Å²) in [6.45, 7) is 1.72. The number of esters is 1. The molecular formula is C11H18N4O4. The van der Waals surface area contributed by atoms with Crippen molar-refractivity contribution in [2.75, 3.05) is 19.4 Å². The van der Waals surface area contributed by atoms with Crippen molar-refractivity contribution in [1.29, 1.82) is 0 Å². The lowest BCUT2D eigenvalue weighted by Gasteiger charge is -2.08. The van der Waals surface area contributed by atoms with Gasteiger partial charge >= 0.3 is 5.97 Å². The van der Waals surface area contributed by atoms with Crippen LogP contribution in [0.15, 0.2) is 0 Å². The van der Waals surface area contributed by atoms with E-state index in [9.17, 15) is 14.7 Å². The fourth-order valence-corrected chi connectivity index (χ4v) is 1.49. The van der Waals surface area contributed by atoms with Gasteiger partial charge in [-0.25, -0.2) is 4.79 Å². The van der Waals surface area contributed by atoms with Crippen LogP contribution in [0.25, 0.3) is 0 Å². The second-order valence-corrected chi connectivity index (χ2v) is 3.96. The van der Waals surface area contributed by atoms with Gasteiger partial charge < -0.3 is 20.9 Å². The highest BCUT2D eigenvalue weighted by Gasteiger charge is 2.20. The zero-order valence-electron chi connectivity index (χ0n) is 10.9. The molecule has 0 aromatic carbocycles.